The van der Waals surface area contributed by atoms with Crippen molar-refractivity contribution in [1.82, 2.24) is 0 Å². The normalized spacial score (nSPS) is 9.94. The van der Waals surface area contributed by atoms with E-state index in [9.17, 15) is 9.59 Å². The Hall–Kier alpha value is -1.88. The molecule has 0 saturated carbocycles. The summed E-state index contributed by atoms with van der Waals surface area (Å²) in [6.07, 6.45) is 0.576. The van der Waals surface area contributed by atoms with Gasteiger partial charge in [0.05, 0.1) is 0 Å². The van der Waals surface area contributed by atoms with Gasteiger partial charge in [0.1, 0.15) is 0 Å². The number of anilines is 1. The molecule has 1 rings (SSSR count). The van der Waals surface area contributed by atoms with E-state index in [1.807, 2.05) is 12.1 Å². The van der Waals surface area contributed by atoms with Gasteiger partial charge in [-0.2, -0.15) is 0 Å². The lowest BCUT2D eigenvalue weighted by Crippen LogP contribution is -2.11. The largest absolute Gasteiger partial charge is 0.481 e. The fourth-order valence-corrected chi connectivity index (χ4v) is 1.35. The minimum absolute atomic E-state index is 0.0134. The van der Waals surface area contributed by atoms with E-state index in [2.05, 4.69) is 5.32 Å². The molecule has 4 N–H and O–H groups in total. The molecule has 1 amide bonds. The molecule has 1 aromatic carbocycles. The Labute approximate surface area is 99.6 Å². The van der Waals surface area contributed by atoms with Gasteiger partial charge in [-0.05, 0) is 24.1 Å². The molecule has 0 aliphatic carbocycles. The number of rotatable bonds is 6. The molecule has 17 heavy (non-hydrogen) atoms. The summed E-state index contributed by atoms with van der Waals surface area (Å²) in [5, 5.41) is 11.1. The van der Waals surface area contributed by atoms with Crippen LogP contribution >= 0.6 is 0 Å². The quantitative estimate of drug-likeness (QED) is 0.694. The molecule has 0 atom stereocenters. The van der Waals surface area contributed by atoms with Crippen molar-refractivity contribution in [2.24, 2.45) is 5.73 Å². The summed E-state index contributed by atoms with van der Waals surface area (Å²) in [5.74, 6) is -1.06. The molecule has 5 heteroatoms. The molecule has 0 saturated heterocycles. The van der Waals surface area contributed by atoms with E-state index >= 15 is 0 Å². The summed E-state index contributed by atoms with van der Waals surface area (Å²) in [6.45, 7) is 0.465. The Balaban J connectivity index is 2.37. The van der Waals surface area contributed by atoms with Crippen molar-refractivity contribution in [3.8, 4) is 0 Å². The van der Waals surface area contributed by atoms with Gasteiger partial charge in [0.25, 0.3) is 0 Å². The molecule has 0 unspecified atom stereocenters. The van der Waals surface area contributed by atoms with Crippen molar-refractivity contribution in [3.05, 3.63) is 29.8 Å². The van der Waals surface area contributed by atoms with Gasteiger partial charge in [0.2, 0.25) is 5.91 Å². The number of carbonyl (C=O) groups excluding carboxylic acids is 1. The third-order valence-corrected chi connectivity index (χ3v) is 2.27. The molecule has 0 fully saturated rings. The zero-order chi connectivity index (χ0) is 12.7. The average molecular weight is 236 g/mol. The second-order valence-electron chi connectivity index (χ2n) is 3.70. The molecule has 0 spiro atoms. The molecule has 0 aliphatic heterocycles. The van der Waals surface area contributed by atoms with Crippen molar-refractivity contribution in [2.75, 3.05) is 5.32 Å². The Morgan fingerprint density at radius 1 is 1.18 bits per heavy atom. The van der Waals surface area contributed by atoms with Crippen LogP contribution in [0.5, 0.6) is 0 Å². The summed E-state index contributed by atoms with van der Waals surface area (Å²) in [4.78, 5) is 21.7. The Bertz CT molecular complexity index is 387. The lowest BCUT2D eigenvalue weighted by atomic mass is 10.2. The van der Waals surface area contributed by atoms with E-state index in [0.29, 0.717) is 18.7 Å². The zero-order valence-corrected chi connectivity index (χ0v) is 9.48. The number of hydrogen-bond donors (Lipinski definition) is 3. The molecular formula is C12H16N2O3. The van der Waals surface area contributed by atoms with Gasteiger partial charge in [-0.3, -0.25) is 9.59 Å². The fourth-order valence-electron chi connectivity index (χ4n) is 1.35. The lowest BCUT2D eigenvalue weighted by Gasteiger charge is -2.05. The summed E-state index contributed by atoms with van der Waals surface area (Å²) in [6, 6.07) is 7.23. The highest BCUT2D eigenvalue weighted by Gasteiger charge is 2.04. The van der Waals surface area contributed by atoms with Gasteiger partial charge in [0.15, 0.2) is 0 Å². The van der Waals surface area contributed by atoms with Crippen LogP contribution in [0.1, 0.15) is 24.8 Å². The molecule has 92 valence electrons. The first kappa shape index (κ1) is 13.2. The number of aliphatic carboxylic acids is 1. The summed E-state index contributed by atoms with van der Waals surface area (Å²) >= 11 is 0. The molecule has 0 aromatic heterocycles. The maximum atomic E-state index is 11.4. The van der Waals surface area contributed by atoms with Crippen LogP contribution in [-0.2, 0) is 16.1 Å². The van der Waals surface area contributed by atoms with Crippen LogP contribution in [0.3, 0.4) is 0 Å². The predicted molar refractivity (Wildman–Crippen MR) is 64.4 cm³/mol. The smallest absolute Gasteiger partial charge is 0.303 e. The minimum atomic E-state index is -0.884. The highest BCUT2D eigenvalue weighted by Crippen LogP contribution is 2.10. The van der Waals surface area contributed by atoms with Gasteiger partial charge in [-0.15, -0.1) is 0 Å². The fraction of sp³-hybridized carbons (Fsp3) is 0.333. The molecule has 0 aliphatic rings. The van der Waals surface area contributed by atoms with Crippen LogP contribution in [0.15, 0.2) is 24.3 Å². The van der Waals surface area contributed by atoms with E-state index < -0.39 is 5.97 Å². The number of benzene rings is 1. The van der Waals surface area contributed by atoms with Crippen LogP contribution in [0.25, 0.3) is 0 Å². The first-order chi connectivity index (χ1) is 8.11. The number of nitrogens with two attached hydrogens (primary N) is 1. The van der Waals surface area contributed by atoms with E-state index in [1.54, 1.807) is 12.1 Å². The monoisotopic (exact) mass is 236 g/mol. The van der Waals surface area contributed by atoms with E-state index in [0.717, 1.165) is 5.56 Å². The highest BCUT2D eigenvalue weighted by molar-refractivity contribution is 5.90. The number of nitrogens with one attached hydrogen (secondary N) is 1. The van der Waals surface area contributed by atoms with Crippen LogP contribution in [0.2, 0.25) is 0 Å². The van der Waals surface area contributed by atoms with Crippen LogP contribution in [-0.4, -0.2) is 17.0 Å². The third-order valence-electron chi connectivity index (χ3n) is 2.27. The number of carbonyl (C=O) groups is 2. The van der Waals surface area contributed by atoms with Gasteiger partial charge in [0, 0.05) is 25.1 Å². The van der Waals surface area contributed by atoms with Crippen molar-refractivity contribution in [1.29, 1.82) is 0 Å². The second kappa shape index (κ2) is 6.65. The summed E-state index contributed by atoms with van der Waals surface area (Å²) in [7, 11) is 0. The molecular weight excluding hydrogens is 220 g/mol. The maximum absolute atomic E-state index is 11.4. The minimum Gasteiger partial charge on any atom is -0.481 e. The molecule has 0 heterocycles. The van der Waals surface area contributed by atoms with Gasteiger partial charge in [-0.25, -0.2) is 0 Å². The molecule has 0 bridgehead atoms. The Morgan fingerprint density at radius 2 is 1.82 bits per heavy atom. The third kappa shape index (κ3) is 5.12. The average Bonchev–Trinajstić information content (AvgIpc) is 2.29. The molecule has 5 nitrogen and oxygen atoms in total. The van der Waals surface area contributed by atoms with Gasteiger partial charge < -0.3 is 16.2 Å². The topological polar surface area (TPSA) is 92.4 Å². The zero-order valence-electron chi connectivity index (χ0n) is 9.48. The first-order valence-electron chi connectivity index (χ1n) is 5.42. The second-order valence-corrected chi connectivity index (χ2v) is 3.70. The van der Waals surface area contributed by atoms with Crippen LogP contribution < -0.4 is 11.1 Å². The van der Waals surface area contributed by atoms with E-state index in [-0.39, 0.29) is 18.7 Å². The number of amides is 1. The SMILES string of the molecule is NCc1ccc(NC(=O)CCCC(=O)O)cc1. The van der Waals surface area contributed by atoms with Crippen molar-refractivity contribution in [2.45, 2.75) is 25.8 Å². The Morgan fingerprint density at radius 3 is 2.35 bits per heavy atom. The molecule has 1 aromatic rings. The lowest BCUT2D eigenvalue weighted by molar-refractivity contribution is -0.137. The molecule has 0 radical (unpaired) electrons. The summed E-state index contributed by atoms with van der Waals surface area (Å²) < 4.78 is 0. The van der Waals surface area contributed by atoms with Crippen molar-refractivity contribution >= 4 is 17.6 Å². The van der Waals surface area contributed by atoms with Gasteiger partial charge in [-0.1, -0.05) is 12.1 Å². The van der Waals surface area contributed by atoms with Crippen molar-refractivity contribution in [3.63, 3.8) is 0 Å². The first-order valence-corrected chi connectivity index (χ1v) is 5.42. The summed E-state index contributed by atoms with van der Waals surface area (Å²) in [5.41, 5.74) is 7.14. The van der Waals surface area contributed by atoms with E-state index in [4.69, 9.17) is 10.8 Å². The van der Waals surface area contributed by atoms with E-state index in [1.165, 1.54) is 0 Å². The van der Waals surface area contributed by atoms with Gasteiger partial charge >= 0.3 is 5.97 Å². The predicted octanol–water partition coefficient (Wildman–Crippen LogP) is 1.34. The van der Waals surface area contributed by atoms with Crippen LogP contribution in [0.4, 0.5) is 5.69 Å². The number of carboxylic acids is 1. The highest BCUT2D eigenvalue weighted by atomic mass is 16.4. The van der Waals surface area contributed by atoms with Crippen LogP contribution in [0, 0.1) is 0 Å². The maximum Gasteiger partial charge on any atom is 0.303 e. The number of carboxylic acid groups (broad SMARTS) is 1. The Kier molecular flexibility index (Phi) is 5.16. The number of hydrogen-bond acceptors (Lipinski definition) is 3. The standard InChI is InChI=1S/C12H16N2O3/c13-8-9-4-6-10(7-5-9)14-11(15)2-1-3-12(16)17/h4-7H,1-3,8,13H2,(H,14,15)(H,16,17). The van der Waals surface area contributed by atoms with Crippen molar-refractivity contribution < 1.29 is 14.7 Å².